The molecule has 0 aromatic carbocycles. The van der Waals surface area contributed by atoms with Gasteiger partial charge in [-0.2, -0.15) is 11.8 Å². The Morgan fingerprint density at radius 2 is 2.22 bits per heavy atom. The molecule has 3 N–H and O–H groups in total. The summed E-state index contributed by atoms with van der Waals surface area (Å²) in [7, 11) is -3.57. The molecule has 0 amide bonds. The fraction of sp³-hybridized carbons (Fsp3) is 0.500. The van der Waals surface area contributed by atoms with Crippen molar-refractivity contribution in [1.82, 2.24) is 9.71 Å². The molecule has 102 valence electrons. The number of nitrogens with two attached hydrogens (primary N) is 1. The number of anilines is 1. The maximum Gasteiger partial charge on any atom is 0.244 e. The number of hydrogen-bond donors (Lipinski definition) is 2. The van der Waals surface area contributed by atoms with Crippen LogP contribution in [0.25, 0.3) is 0 Å². The van der Waals surface area contributed by atoms with Crippen LogP contribution in [-0.4, -0.2) is 32.0 Å². The minimum absolute atomic E-state index is 0.00909. The van der Waals surface area contributed by atoms with E-state index in [1.807, 2.05) is 6.26 Å². The molecule has 0 fully saturated rings. The molecule has 1 rings (SSSR count). The summed E-state index contributed by atoms with van der Waals surface area (Å²) in [6.07, 6.45) is 5.28. The molecule has 1 heterocycles. The molecule has 8 heteroatoms. The molecular weight excluding hydrogens is 338 g/mol. The molecule has 0 radical (unpaired) electrons. The van der Waals surface area contributed by atoms with Crippen molar-refractivity contribution >= 4 is 43.5 Å². The zero-order valence-corrected chi connectivity index (χ0v) is 13.2. The van der Waals surface area contributed by atoms with Crippen molar-refractivity contribution in [2.75, 3.05) is 24.3 Å². The number of halogens is 1. The summed E-state index contributed by atoms with van der Waals surface area (Å²) < 4.78 is 27.1. The number of unbranched alkanes of at least 4 members (excludes halogenated alkanes) is 1. The summed E-state index contributed by atoms with van der Waals surface area (Å²) in [6.45, 7) is 0.412. The van der Waals surface area contributed by atoms with Crippen LogP contribution in [0.3, 0.4) is 0 Å². The van der Waals surface area contributed by atoms with Gasteiger partial charge in [0.15, 0.2) is 0 Å². The van der Waals surface area contributed by atoms with E-state index < -0.39 is 10.0 Å². The largest absolute Gasteiger partial charge is 0.383 e. The first-order valence-corrected chi connectivity index (χ1v) is 9.04. The number of hydrogen-bond acceptors (Lipinski definition) is 5. The number of pyridine rings is 1. The van der Waals surface area contributed by atoms with Crippen LogP contribution in [0, 0.1) is 0 Å². The summed E-state index contributed by atoms with van der Waals surface area (Å²) in [6, 6.07) is 1.45. The summed E-state index contributed by atoms with van der Waals surface area (Å²) in [5.74, 6) is 1.04. The molecule has 0 saturated heterocycles. The lowest BCUT2D eigenvalue weighted by Crippen LogP contribution is -2.26. The molecule has 0 aliphatic carbocycles. The molecule has 0 atom stereocenters. The van der Waals surface area contributed by atoms with E-state index in [4.69, 9.17) is 5.73 Å². The van der Waals surface area contributed by atoms with Gasteiger partial charge in [-0.3, -0.25) is 0 Å². The number of thioether (sulfide) groups is 1. The smallest absolute Gasteiger partial charge is 0.244 e. The van der Waals surface area contributed by atoms with Crippen LogP contribution in [0.1, 0.15) is 12.8 Å². The summed E-state index contributed by atoms with van der Waals surface area (Å²) in [5.41, 5.74) is 5.57. The van der Waals surface area contributed by atoms with Crippen LogP contribution in [0.4, 0.5) is 5.82 Å². The highest BCUT2D eigenvalue weighted by molar-refractivity contribution is 9.10. The van der Waals surface area contributed by atoms with Crippen LogP contribution in [0.5, 0.6) is 0 Å². The third-order valence-corrected chi connectivity index (χ3v) is 4.83. The molecule has 1 aromatic rings. The van der Waals surface area contributed by atoms with Gasteiger partial charge in [0.1, 0.15) is 10.7 Å². The van der Waals surface area contributed by atoms with Crippen LogP contribution in [-0.2, 0) is 10.0 Å². The minimum atomic E-state index is -3.57. The zero-order valence-electron chi connectivity index (χ0n) is 10.0. The van der Waals surface area contributed by atoms with Crippen molar-refractivity contribution in [2.45, 2.75) is 17.7 Å². The Morgan fingerprint density at radius 3 is 2.89 bits per heavy atom. The summed E-state index contributed by atoms with van der Waals surface area (Å²) >= 11 is 4.93. The van der Waals surface area contributed by atoms with Gasteiger partial charge < -0.3 is 5.73 Å². The first-order valence-electron chi connectivity index (χ1n) is 5.37. The second-order valence-electron chi connectivity index (χ2n) is 3.63. The van der Waals surface area contributed by atoms with Crippen LogP contribution < -0.4 is 10.5 Å². The van der Waals surface area contributed by atoms with E-state index in [1.54, 1.807) is 11.8 Å². The topological polar surface area (TPSA) is 85.1 Å². The molecule has 0 aliphatic rings. The van der Waals surface area contributed by atoms with E-state index in [-0.39, 0.29) is 10.7 Å². The number of aromatic nitrogens is 1. The van der Waals surface area contributed by atoms with Gasteiger partial charge in [0.2, 0.25) is 10.0 Å². The van der Waals surface area contributed by atoms with E-state index in [1.165, 1.54) is 12.3 Å². The maximum absolute atomic E-state index is 12.0. The highest BCUT2D eigenvalue weighted by atomic mass is 79.9. The van der Waals surface area contributed by atoms with Crippen molar-refractivity contribution < 1.29 is 8.42 Å². The molecule has 0 unspecified atom stereocenters. The lowest BCUT2D eigenvalue weighted by molar-refractivity contribution is 0.578. The highest BCUT2D eigenvalue weighted by Gasteiger charge is 2.18. The van der Waals surface area contributed by atoms with Crippen LogP contribution >= 0.6 is 27.7 Å². The second kappa shape index (κ2) is 7.32. The second-order valence-corrected chi connectivity index (χ2v) is 7.27. The van der Waals surface area contributed by atoms with E-state index in [2.05, 4.69) is 25.6 Å². The van der Waals surface area contributed by atoms with Gasteiger partial charge in [-0.15, -0.1) is 0 Å². The molecule has 5 nitrogen and oxygen atoms in total. The number of rotatable bonds is 7. The summed E-state index contributed by atoms with van der Waals surface area (Å²) in [5, 5.41) is 0. The van der Waals surface area contributed by atoms with Crippen LogP contribution in [0.15, 0.2) is 21.6 Å². The van der Waals surface area contributed by atoms with Gasteiger partial charge in [0.05, 0.1) is 0 Å². The Balaban J connectivity index is 2.66. The first kappa shape index (κ1) is 15.7. The third kappa shape index (κ3) is 4.75. The Hall–Kier alpha value is -0.310. The molecule has 0 aliphatic heterocycles. The van der Waals surface area contributed by atoms with Crippen molar-refractivity contribution in [3.63, 3.8) is 0 Å². The molecule has 0 bridgehead atoms. The predicted molar refractivity (Wildman–Crippen MR) is 79.2 cm³/mol. The highest BCUT2D eigenvalue weighted by Crippen LogP contribution is 2.20. The molecule has 18 heavy (non-hydrogen) atoms. The van der Waals surface area contributed by atoms with Gasteiger partial charge >= 0.3 is 0 Å². The fourth-order valence-corrected chi connectivity index (χ4v) is 3.46. The molecule has 1 aromatic heterocycles. The lowest BCUT2D eigenvalue weighted by atomic mass is 10.3. The fourth-order valence-electron chi connectivity index (χ4n) is 1.30. The van der Waals surface area contributed by atoms with Gasteiger partial charge in [-0.1, -0.05) is 0 Å². The Kier molecular flexibility index (Phi) is 6.40. The van der Waals surface area contributed by atoms with E-state index in [0.717, 1.165) is 18.6 Å². The molecule has 0 saturated carbocycles. The lowest BCUT2D eigenvalue weighted by Gasteiger charge is -2.08. The van der Waals surface area contributed by atoms with Crippen molar-refractivity contribution in [1.29, 1.82) is 0 Å². The molecule has 0 spiro atoms. The van der Waals surface area contributed by atoms with Gasteiger partial charge in [-0.25, -0.2) is 18.1 Å². The Morgan fingerprint density at radius 1 is 1.50 bits per heavy atom. The normalized spacial score (nSPS) is 11.7. The minimum Gasteiger partial charge on any atom is -0.383 e. The molecular formula is C10H16BrN3O2S2. The monoisotopic (exact) mass is 353 g/mol. The SMILES string of the molecule is CSCCCCNS(=O)(=O)c1cc(Br)cnc1N. The van der Waals surface area contributed by atoms with Gasteiger partial charge in [-0.05, 0) is 46.8 Å². The quantitative estimate of drug-likeness (QED) is 0.730. The van der Waals surface area contributed by atoms with Crippen molar-refractivity contribution in [3.8, 4) is 0 Å². The van der Waals surface area contributed by atoms with Gasteiger partial charge in [0, 0.05) is 17.2 Å². The van der Waals surface area contributed by atoms with Crippen molar-refractivity contribution in [2.24, 2.45) is 0 Å². The Bertz CT molecular complexity index is 494. The zero-order chi connectivity index (χ0) is 13.6. The number of nitrogens with one attached hydrogen (secondary N) is 1. The first-order chi connectivity index (χ1) is 8.47. The average Bonchev–Trinajstić information content (AvgIpc) is 2.32. The predicted octanol–water partition coefficient (Wildman–Crippen LogP) is 1.85. The summed E-state index contributed by atoms with van der Waals surface area (Å²) in [4.78, 5) is 3.83. The number of nitrogens with zero attached hydrogens (tertiary/aromatic N) is 1. The van der Waals surface area contributed by atoms with Crippen molar-refractivity contribution in [3.05, 3.63) is 16.7 Å². The Labute approximate surface area is 120 Å². The van der Waals surface area contributed by atoms with Gasteiger partial charge in [0.25, 0.3) is 0 Å². The average molecular weight is 354 g/mol. The maximum atomic E-state index is 12.0. The van der Waals surface area contributed by atoms with E-state index >= 15 is 0 Å². The third-order valence-electron chi connectivity index (χ3n) is 2.21. The number of sulfonamides is 1. The van der Waals surface area contributed by atoms with Crippen LogP contribution in [0.2, 0.25) is 0 Å². The standard InChI is InChI=1S/C10H16BrN3O2S2/c1-17-5-3-2-4-14-18(15,16)9-6-8(11)7-13-10(9)12/h6-7,14H,2-5H2,1H3,(H2,12,13). The number of nitrogen functional groups attached to an aromatic ring is 1. The van der Waals surface area contributed by atoms with E-state index in [0.29, 0.717) is 11.0 Å². The van der Waals surface area contributed by atoms with E-state index in [9.17, 15) is 8.42 Å².